The third kappa shape index (κ3) is 7.54. The summed E-state index contributed by atoms with van der Waals surface area (Å²) in [5, 5.41) is 9.25. The summed E-state index contributed by atoms with van der Waals surface area (Å²) in [5.41, 5.74) is 0.298. The summed E-state index contributed by atoms with van der Waals surface area (Å²) >= 11 is 3.30. The lowest BCUT2D eigenvalue weighted by Crippen LogP contribution is -2.23. The van der Waals surface area contributed by atoms with Crippen LogP contribution in [0.4, 0.5) is 0 Å². The predicted octanol–water partition coefficient (Wildman–Crippen LogP) is 3.88. The second-order valence-corrected chi connectivity index (χ2v) is 6.85. The molecule has 0 heterocycles. The van der Waals surface area contributed by atoms with Crippen molar-refractivity contribution in [1.29, 1.82) is 5.26 Å². The van der Waals surface area contributed by atoms with Crippen LogP contribution in [0.2, 0.25) is 0 Å². The van der Waals surface area contributed by atoms with Gasteiger partial charge < -0.3 is 4.90 Å². The van der Waals surface area contributed by atoms with Crippen LogP contribution < -0.4 is 0 Å². The van der Waals surface area contributed by atoms with Crippen molar-refractivity contribution in [1.82, 2.24) is 4.90 Å². The van der Waals surface area contributed by atoms with E-state index in [2.05, 4.69) is 19.9 Å². The van der Waals surface area contributed by atoms with Crippen LogP contribution in [0.15, 0.2) is 9.81 Å². The maximum atomic E-state index is 12.0. The molecule has 0 aromatic rings. The van der Waals surface area contributed by atoms with E-state index in [0.717, 1.165) is 41.4 Å². The third-order valence-electron chi connectivity index (χ3n) is 2.40. The molecule has 0 saturated carbocycles. The van der Waals surface area contributed by atoms with Gasteiger partial charge >= 0.3 is 0 Å². The summed E-state index contributed by atoms with van der Waals surface area (Å²) in [4.78, 5) is 13.5. The summed E-state index contributed by atoms with van der Waals surface area (Å²) in [5.74, 6) is 1.75. The molecule has 0 fully saturated rings. The molecule has 5 heteroatoms. The quantitative estimate of drug-likeness (QED) is 0.368. The average molecular weight is 300 g/mol. The van der Waals surface area contributed by atoms with Gasteiger partial charge in [-0.2, -0.15) is 5.26 Å². The number of carbonyl (C=O) groups is 1. The van der Waals surface area contributed by atoms with Crippen molar-refractivity contribution < 1.29 is 4.79 Å². The number of rotatable bonds is 9. The van der Waals surface area contributed by atoms with E-state index in [9.17, 15) is 10.1 Å². The van der Waals surface area contributed by atoms with Crippen molar-refractivity contribution in [3.8, 4) is 6.07 Å². The molecule has 0 atom stereocenters. The van der Waals surface area contributed by atoms with Crippen LogP contribution in [0.5, 0.6) is 0 Å². The molecule has 19 heavy (non-hydrogen) atoms. The Hall–Kier alpha value is -0.600. The highest BCUT2D eigenvalue weighted by Crippen LogP contribution is 2.33. The molecule has 0 spiro atoms. The second-order valence-electron chi connectivity index (χ2n) is 4.38. The van der Waals surface area contributed by atoms with Gasteiger partial charge in [0.25, 0.3) is 5.91 Å². The van der Waals surface area contributed by atoms with Crippen LogP contribution >= 0.6 is 23.5 Å². The Kier molecular flexibility index (Phi) is 10.9. The number of carbonyl (C=O) groups excluding carboxylic acids is 1. The fourth-order valence-electron chi connectivity index (χ4n) is 1.21. The van der Waals surface area contributed by atoms with Crippen LogP contribution in [-0.4, -0.2) is 36.4 Å². The number of hydrogen-bond acceptors (Lipinski definition) is 4. The van der Waals surface area contributed by atoms with Gasteiger partial charge in [-0.1, -0.05) is 26.7 Å². The molecule has 1 amide bonds. The molecule has 0 aliphatic heterocycles. The maximum Gasteiger partial charge on any atom is 0.265 e. The highest BCUT2D eigenvalue weighted by atomic mass is 32.2. The van der Waals surface area contributed by atoms with Gasteiger partial charge in [-0.25, -0.2) is 0 Å². The largest absolute Gasteiger partial charge is 0.344 e. The highest BCUT2D eigenvalue weighted by molar-refractivity contribution is 8.22. The average Bonchev–Trinajstić information content (AvgIpc) is 2.39. The monoisotopic (exact) mass is 300 g/mol. The molecule has 0 aromatic heterocycles. The van der Waals surface area contributed by atoms with Gasteiger partial charge in [-0.3, -0.25) is 4.79 Å². The minimum Gasteiger partial charge on any atom is -0.344 e. The molecular weight excluding hydrogens is 276 g/mol. The number of amides is 1. The number of unbranched alkanes of at least 4 members (excludes halogenated alkanes) is 2. The SMILES string of the molecule is CCCCSC(SCCCC)=C(C#N)C(=O)N(C)C. The van der Waals surface area contributed by atoms with Gasteiger partial charge in [0.05, 0.1) is 4.24 Å². The first-order valence-corrected chi connectivity index (χ1v) is 8.67. The van der Waals surface area contributed by atoms with Crippen molar-refractivity contribution in [3.63, 3.8) is 0 Å². The number of nitriles is 1. The molecule has 0 radical (unpaired) electrons. The summed E-state index contributed by atoms with van der Waals surface area (Å²) in [6.07, 6.45) is 4.47. The Labute approximate surface area is 125 Å². The van der Waals surface area contributed by atoms with Crippen molar-refractivity contribution in [3.05, 3.63) is 9.81 Å². The summed E-state index contributed by atoms with van der Waals surface area (Å²) < 4.78 is 0.892. The van der Waals surface area contributed by atoms with E-state index in [1.54, 1.807) is 37.6 Å². The zero-order chi connectivity index (χ0) is 14.7. The predicted molar refractivity (Wildman–Crippen MR) is 86.1 cm³/mol. The van der Waals surface area contributed by atoms with Crippen LogP contribution in [-0.2, 0) is 4.79 Å². The standard InChI is InChI=1S/C14H24N2OS2/c1-5-7-9-18-14(19-10-8-6-2)12(11-15)13(17)16(3)4/h5-10H2,1-4H3. The summed E-state index contributed by atoms with van der Waals surface area (Å²) in [6.45, 7) is 4.29. The van der Waals surface area contributed by atoms with Crippen LogP contribution in [0.1, 0.15) is 39.5 Å². The lowest BCUT2D eigenvalue weighted by atomic mass is 10.3. The third-order valence-corrected chi connectivity index (χ3v) is 5.02. The van der Waals surface area contributed by atoms with E-state index in [1.807, 2.05) is 0 Å². The van der Waals surface area contributed by atoms with E-state index in [1.165, 1.54) is 4.90 Å². The van der Waals surface area contributed by atoms with Gasteiger partial charge in [-0.15, -0.1) is 23.5 Å². The zero-order valence-corrected chi connectivity index (χ0v) is 14.0. The van der Waals surface area contributed by atoms with Gasteiger partial charge in [0, 0.05) is 14.1 Å². The Balaban J connectivity index is 4.90. The van der Waals surface area contributed by atoms with Crippen LogP contribution in [0, 0.1) is 11.3 Å². The van der Waals surface area contributed by atoms with E-state index < -0.39 is 0 Å². The second kappa shape index (κ2) is 11.2. The number of likely N-dealkylation sites (N-methyl/N-ethyl adjacent to an activating group) is 1. The van der Waals surface area contributed by atoms with Gasteiger partial charge in [0.1, 0.15) is 11.6 Å². The lowest BCUT2D eigenvalue weighted by Gasteiger charge is -2.13. The molecule has 0 saturated heterocycles. The van der Waals surface area contributed by atoms with Gasteiger partial charge in [0.2, 0.25) is 0 Å². The first kappa shape index (κ1) is 18.4. The van der Waals surface area contributed by atoms with Crippen LogP contribution in [0.3, 0.4) is 0 Å². The Morgan fingerprint density at radius 1 is 1.11 bits per heavy atom. The highest BCUT2D eigenvalue weighted by Gasteiger charge is 2.17. The van der Waals surface area contributed by atoms with Crippen LogP contribution in [0.25, 0.3) is 0 Å². The molecule has 0 bridgehead atoms. The van der Waals surface area contributed by atoms with Gasteiger partial charge in [-0.05, 0) is 24.3 Å². The molecule has 0 aliphatic carbocycles. The first-order chi connectivity index (χ1) is 9.08. The molecule has 0 aromatic carbocycles. The first-order valence-electron chi connectivity index (χ1n) is 6.70. The van der Waals surface area contributed by atoms with E-state index in [0.29, 0.717) is 5.57 Å². The van der Waals surface area contributed by atoms with Crippen molar-refractivity contribution >= 4 is 29.4 Å². The molecule has 108 valence electrons. The minimum absolute atomic E-state index is 0.189. The topological polar surface area (TPSA) is 44.1 Å². The fourth-order valence-corrected chi connectivity index (χ4v) is 3.83. The number of nitrogens with zero attached hydrogens (tertiary/aromatic N) is 2. The van der Waals surface area contributed by atoms with Crippen molar-refractivity contribution in [2.75, 3.05) is 25.6 Å². The Bertz CT molecular complexity index is 334. The van der Waals surface area contributed by atoms with Gasteiger partial charge in [0.15, 0.2) is 0 Å². The normalized spacial score (nSPS) is 9.84. The van der Waals surface area contributed by atoms with Crippen molar-refractivity contribution in [2.24, 2.45) is 0 Å². The Morgan fingerprint density at radius 2 is 1.58 bits per heavy atom. The fraction of sp³-hybridized carbons (Fsp3) is 0.714. The number of thioether (sulfide) groups is 2. The minimum atomic E-state index is -0.189. The number of hydrogen-bond donors (Lipinski definition) is 0. The van der Waals surface area contributed by atoms with Crippen molar-refractivity contribution in [2.45, 2.75) is 39.5 Å². The van der Waals surface area contributed by atoms with E-state index in [-0.39, 0.29) is 5.91 Å². The molecule has 0 N–H and O–H groups in total. The lowest BCUT2D eigenvalue weighted by molar-refractivity contribution is -0.124. The smallest absolute Gasteiger partial charge is 0.265 e. The molecule has 0 rings (SSSR count). The molecule has 0 unspecified atom stereocenters. The molecule has 3 nitrogen and oxygen atoms in total. The molecule has 0 aliphatic rings. The summed E-state index contributed by atoms with van der Waals surface area (Å²) in [6, 6.07) is 2.08. The zero-order valence-electron chi connectivity index (χ0n) is 12.4. The van der Waals surface area contributed by atoms with E-state index in [4.69, 9.17) is 0 Å². The Morgan fingerprint density at radius 3 is 1.89 bits per heavy atom. The van der Waals surface area contributed by atoms with E-state index >= 15 is 0 Å². The summed E-state index contributed by atoms with van der Waals surface area (Å²) in [7, 11) is 3.37. The molecular formula is C14H24N2OS2. The maximum absolute atomic E-state index is 12.0.